The lowest BCUT2D eigenvalue weighted by Crippen LogP contribution is -2.45. The Morgan fingerprint density at radius 2 is 2.14 bits per heavy atom. The summed E-state index contributed by atoms with van der Waals surface area (Å²) in [4.78, 5) is 9.56. The topological polar surface area (TPSA) is 31.4 Å². The second kappa shape index (κ2) is 6.32. The zero-order valence-corrected chi connectivity index (χ0v) is 13.6. The number of anilines is 1. The Morgan fingerprint density at radius 1 is 1.33 bits per heavy atom. The van der Waals surface area contributed by atoms with Gasteiger partial charge in [0.15, 0.2) is 0 Å². The van der Waals surface area contributed by atoms with Crippen LogP contribution in [0.2, 0.25) is 0 Å². The summed E-state index contributed by atoms with van der Waals surface area (Å²) in [6, 6.07) is 5.81. The highest BCUT2D eigenvalue weighted by atomic mass is 15.2. The van der Waals surface area contributed by atoms with Crippen LogP contribution in [-0.2, 0) is 6.54 Å². The van der Waals surface area contributed by atoms with E-state index in [4.69, 9.17) is 4.98 Å². The van der Waals surface area contributed by atoms with Gasteiger partial charge in [-0.3, -0.25) is 0 Å². The van der Waals surface area contributed by atoms with Crippen molar-refractivity contribution in [2.24, 2.45) is 0 Å². The average Bonchev–Trinajstić information content (AvgIpc) is 3.28. The Kier molecular flexibility index (Phi) is 4.45. The first kappa shape index (κ1) is 14.8. The van der Waals surface area contributed by atoms with E-state index in [2.05, 4.69) is 48.3 Å². The Balaban J connectivity index is 1.70. The van der Waals surface area contributed by atoms with Gasteiger partial charge in [-0.1, -0.05) is 0 Å². The van der Waals surface area contributed by atoms with E-state index < -0.39 is 0 Å². The molecule has 21 heavy (non-hydrogen) atoms. The Hall–Kier alpha value is -1.13. The largest absolute Gasteiger partial charge is 0.355 e. The second-order valence-electron chi connectivity index (χ2n) is 6.80. The van der Waals surface area contributed by atoms with Gasteiger partial charge < -0.3 is 15.1 Å². The lowest BCUT2D eigenvalue weighted by atomic mass is 10.0. The van der Waals surface area contributed by atoms with E-state index in [1.165, 1.54) is 37.8 Å². The van der Waals surface area contributed by atoms with Crippen molar-refractivity contribution in [3.8, 4) is 0 Å². The summed E-state index contributed by atoms with van der Waals surface area (Å²) in [6.07, 6.45) is 5.23. The molecule has 4 heteroatoms. The summed E-state index contributed by atoms with van der Waals surface area (Å²) < 4.78 is 0. The zero-order chi connectivity index (χ0) is 14.8. The number of piperidine rings is 1. The predicted octanol–water partition coefficient (Wildman–Crippen LogP) is 2.17. The third-order valence-electron chi connectivity index (χ3n) is 4.68. The van der Waals surface area contributed by atoms with Gasteiger partial charge in [-0.25, -0.2) is 4.98 Å². The van der Waals surface area contributed by atoms with Gasteiger partial charge in [0.2, 0.25) is 0 Å². The van der Waals surface area contributed by atoms with Crippen LogP contribution in [0.4, 0.5) is 5.82 Å². The SMILES string of the molecule is Cc1cc(CNC2CC2)cc(N(C)C2CCCN(C)C2)n1. The fraction of sp³-hybridized carbons (Fsp3) is 0.706. The summed E-state index contributed by atoms with van der Waals surface area (Å²) >= 11 is 0. The molecule has 1 aliphatic heterocycles. The highest BCUT2D eigenvalue weighted by molar-refractivity contribution is 5.43. The quantitative estimate of drug-likeness (QED) is 0.900. The molecule has 1 aliphatic carbocycles. The lowest BCUT2D eigenvalue weighted by molar-refractivity contribution is 0.247. The van der Waals surface area contributed by atoms with Gasteiger partial charge in [0.05, 0.1) is 0 Å². The molecule has 116 valence electrons. The Morgan fingerprint density at radius 3 is 2.86 bits per heavy atom. The molecule has 1 saturated carbocycles. The molecule has 2 aliphatic rings. The first-order valence-corrected chi connectivity index (χ1v) is 8.24. The molecule has 0 spiro atoms. The molecule has 0 aromatic carbocycles. The molecule has 1 atom stereocenters. The molecule has 0 bridgehead atoms. The number of nitrogens with one attached hydrogen (secondary N) is 1. The molecule has 1 aromatic rings. The maximum absolute atomic E-state index is 4.76. The van der Waals surface area contributed by atoms with Crippen LogP contribution >= 0.6 is 0 Å². The van der Waals surface area contributed by atoms with Crippen molar-refractivity contribution < 1.29 is 0 Å². The van der Waals surface area contributed by atoms with Crippen LogP contribution in [0.3, 0.4) is 0 Å². The minimum atomic E-state index is 0.585. The molecule has 0 amide bonds. The third kappa shape index (κ3) is 3.95. The maximum Gasteiger partial charge on any atom is 0.129 e. The monoisotopic (exact) mass is 288 g/mol. The van der Waals surface area contributed by atoms with Crippen LogP contribution in [0.25, 0.3) is 0 Å². The summed E-state index contributed by atoms with van der Waals surface area (Å²) in [7, 11) is 4.42. The smallest absolute Gasteiger partial charge is 0.129 e. The first-order valence-electron chi connectivity index (χ1n) is 8.24. The van der Waals surface area contributed by atoms with Crippen LogP contribution in [0.15, 0.2) is 12.1 Å². The van der Waals surface area contributed by atoms with Crippen molar-refractivity contribution in [1.29, 1.82) is 0 Å². The van der Waals surface area contributed by atoms with E-state index in [9.17, 15) is 0 Å². The number of hydrogen-bond donors (Lipinski definition) is 1. The van der Waals surface area contributed by atoms with Crippen molar-refractivity contribution >= 4 is 5.82 Å². The molecule has 3 rings (SSSR count). The summed E-state index contributed by atoms with van der Waals surface area (Å²) in [5.74, 6) is 1.13. The molecule has 1 aromatic heterocycles. The average molecular weight is 288 g/mol. The number of rotatable bonds is 5. The van der Waals surface area contributed by atoms with Crippen LogP contribution < -0.4 is 10.2 Å². The van der Waals surface area contributed by atoms with Gasteiger partial charge in [0.25, 0.3) is 0 Å². The van der Waals surface area contributed by atoms with Gasteiger partial charge in [-0.15, -0.1) is 0 Å². The Labute approximate surface area is 128 Å². The van der Waals surface area contributed by atoms with Crippen molar-refractivity contribution in [3.05, 3.63) is 23.4 Å². The van der Waals surface area contributed by atoms with E-state index in [-0.39, 0.29) is 0 Å². The molecule has 0 radical (unpaired) electrons. The molecule has 1 saturated heterocycles. The minimum Gasteiger partial charge on any atom is -0.355 e. The summed E-state index contributed by atoms with van der Waals surface area (Å²) in [5.41, 5.74) is 2.48. The second-order valence-corrected chi connectivity index (χ2v) is 6.80. The van der Waals surface area contributed by atoms with Gasteiger partial charge in [-0.2, -0.15) is 0 Å². The van der Waals surface area contributed by atoms with Gasteiger partial charge in [-0.05, 0) is 63.9 Å². The van der Waals surface area contributed by atoms with Crippen molar-refractivity contribution in [2.75, 3.05) is 32.1 Å². The number of aryl methyl sites for hydroxylation is 1. The maximum atomic E-state index is 4.76. The highest BCUT2D eigenvalue weighted by Gasteiger charge is 2.23. The summed E-state index contributed by atoms with van der Waals surface area (Å²) in [5, 5.41) is 3.60. The van der Waals surface area contributed by atoms with Crippen LogP contribution in [0.5, 0.6) is 0 Å². The number of nitrogens with zero attached hydrogens (tertiary/aromatic N) is 3. The van der Waals surface area contributed by atoms with E-state index in [0.29, 0.717) is 6.04 Å². The van der Waals surface area contributed by atoms with E-state index >= 15 is 0 Å². The zero-order valence-electron chi connectivity index (χ0n) is 13.6. The first-order chi connectivity index (χ1) is 10.1. The highest BCUT2D eigenvalue weighted by Crippen LogP contribution is 2.23. The van der Waals surface area contributed by atoms with Crippen LogP contribution in [0.1, 0.15) is 36.9 Å². The molecule has 1 N–H and O–H groups in total. The third-order valence-corrected chi connectivity index (χ3v) is 4.68. The van der Waals surface area contributed by atoms with Crippen molar-refractivity contribution in [2.45, 2.75) is 51.2 Å². The number of likely N-dealkylation sites (N-methyl/N-ethyl adjacent to an activating group) is 2. The van der Waals surface area contributed by atoms with Gasteiger partial charge in [0, 0.05) is 37.9 Å². The summed E-state index contributed by atoms with van der Waals surface area (Å²) in [6.45, 7) is 5.44. The molecule has 2 heterocycles. The Bertz CT molecular complexity index is 484. The molecular formula is C17H28N4. The van der Waals surface area contributed by atoms with Gasteiger partial charge in [0.1, 0.15) is 5.82 Å². The number of pyridine rings is 1. The molecule has 4 nitrogen and oxygen atoms in total. The number of hydrogen-bond acceptors (Lipinski definition) is 4. The molecule has 2 fully saturated rings. The number of likely N-dealkylation sites (tertiary alicyclic amines) is 1. The lowest BCUT2D eigenvalue weighted by Gasteiger charge is -2.36. The standard InChI is InChI=1S/C17H28N4/c1-13-9-14(11-18-15-6-7-15)10-17(19-13)21(3)16-5-4-8-20(2)12-16/h9-10,15-16,18H,4-8,11-12H2,1-3H3. The van der Waals surface area contributed by atoms with E-state index in [0.717, 1.165) is 30.6 Å². The van der Waals surface area contributed by atoms with Crippen LogP contribution in [-0.4, -0.2) is 49.2 Å². The molecule has 1 unspecified atom stereocenters. The van der Waals surface area contributed by atoms with E-state index in [1.54, 1.807) is 0 Å². The van der Waals surface area contributed by atoms with Gasteiger partial charge >= 0.3 is 0 Å². The van der Waals surface area contributed by atoms with Crippen LogP contribution in [0, 0.1) is 6.92 Å². The van der Waals surface area contributed by atoms with Crippen molar-refractivity contribution in [3.63, 3.8) is 0 Å². The minimum absolute atomic E-state index is 0.585. The fourth-order valence-electron chi connectivity index (χ4n) is 3.20. The molecular weight excluding hydrogens is 260 g/mol. The van der Waals surface area contributed by atoms with Crippen molar-refractivity contribution in [1.82, 2.24) is 15.2 Å². The fourth-order valence-corrected chi connectivity index (χ4v) is 3.20. The predicted molar refractivity (Wildman–Crippen MR) is 87.8 cm³/mol. The number of aromatic nitrogens is 1. The normalized spacial score (nSPS) is 23.3. The van der Waals surface area contributed by atoms with E-state index in [1.807, 2.05) is 0 Å².